The van der Waals surface area contributed by atoms with Gasteiger partial charge in [0.25, 0.3) is 5.89 Å². The van der Waals surface area contributed by atoms with Gasteiger partial charge in [-0.3, -0.25) is 0 Å². The van der Waals surface area contributed by atoms with E-state index < -0.39 is 23.2 Å². The highest BCUT2D eigenvalue weighted by Gasteiger charge is 2.54. The molecule has 0 spiro atoms. The number of aromatic nitrogens is 2. The molecule has 1 fully saturated rings. The zero-order valence-electron chi connectivity index (χ0n) is 22.6. The van der Waals surface area contributed by atoms with Gasteiger partial charge >= 0.3 is 12.1 Å². The number of nitrogens with zero attached hydrogens (tertiary/aromatic N) is 3. The molecule has 1 aliphatic carbocycles. The fraction of sp³-hybridized carbons (Fsp3) is 0.323. The molecule has 5 rings (SSSR count). The van der Waals surface area contributed by atoms with Gasteiger partial charge in [-0.15, -0.1) is 0 Å². The first-order valence-electron chi connectivity index (χ1n) is 13.2. The molecule has 40 heavy (non-hydrogen) atoms. The molecular weight excluding hydrogens is 519 g/mol. The molecule has 1 aromatic heterocycles. The van der Waals surface area contributed by atoms with E-state index in [0.717, 1.165) is 30.0 Å². The Bertz CT molecular complexity index is 1540. The Kier molecular flexibility index (Phi) is 7.04. The third-order valence-electron chi connectivity index (χ3n) is 8.21. The minimum absolute atomic E-state index is 0.0108. The molecule has 0 unspecified atom stereocenters. The molecule has 1 saturated carbocycles. The van der Waals surface area contributed by atoms with Crippen LogP contribution in [0.2, 0.25) is 0 Å². The van der Waals surface area contributed by atoms with E-state index in [-0.39, 0.29) is 22.8 Å². The van der Waals surface area contributed by atoms with E-state index in [2.05, 4.69) is 10.1 Å². The monoisotopic (exact) mass is 550 g/mol. The van der Waals surface area contributed by atoms with Crippen molar-refractivity contribution >= 4 is 5.97 Å². The van der Waals surface area contributed by atoms with Crippen molar-refractivity contribution < 1.29 is 32.1 Å². The third-order valence-corrected chi connectivity index (χ3v) is 8.21. The molecule has 6 nitrogen and oxygen atoms in total. The second-order valence-corrected chi connectivity index (χ2v) is 11.1. The number of quaternary nitrogens is 1. The molecule has 1 heterocycles. The highest BCUT2D eigenvalue weighted by Crippen LogP contribution is 2.41. The van der Waals surface area contributed by atoms with Gasteiger partial charge in [0, 0.05) is 29.5 Å². The van der Waals surface area contributed by atoms with Crippen LogP contribution < -0.4 is 0 Å². The average molecular weight is 551 g/mol. The molecule has 9 heteroatoms. The topological polar surface area (TPSA) is 76.2 Å². The highest BCUT2D eigenvalue weighted by atomic mass is 19.4. The number of aryl methyl sites for hydroxylation is 1. The predicted molar refractivity (Wildman–Crippen MR) is 145 cm³/mol. The molecule has 1 N–H and O–H groups in total. The van der Waals surface area contributed by atoms with E-state index in [0.29, 0.717) is 35.0 Å². The molecule has 0 amide bonds. The van der Waals surface area contributed by atoms with E-state index in [9.17, 15) is 23.1 Å². The lowest BCUT2D eigenvalue weighted by Crippen LogP contribution is -2.62. The quantitative estimate of drug-likeness (QED) is 0.243. The van der Waals surface area contributed by atoms with Gasteiger partial charge in [-0.1, -0.05) is 59.8 Å². The van der Waals surface area contributed by atoms with Gasteiger partial charge in [0.15, 0.2) is 5.54 Å². The normalized spacial score (nSPS) is 15.3. The summed E-state index contributed by atoms with van der Waals surface area (Å²) < 4.78 is 47.9. The Morgan fingerprint density at radius 1 is 0.975 bits per heavy atom. The van der Waals surface area contributed by atoms with Crippen molar-refractivity contribution in [2.75, 3.05) is 14.1 Å². The smallest absolute Gasteiger partial charge is 0.417 e. The van der Waals surface area contributed by atoms with Crippen LogP contribution >= 0.6 is 0 Å². The van der Waals surface area contributed by atoms with Crippen LogP contribution in [0.1, 0.15) is 42.4 Å². The number of benzene rings is 3. The van der Waals surface area contributed by atoms with E-state index in [1.54, 1.807) is 37.3 Å². The fourth-order valence-corrected chi connectivity index (χ4v) is 5.88. The van der Waals surface area contributed by atoms with Crippen LogP contribution in [-0.2, 0) is 17.5 Å². The van der Waals surface area contributed by atoms with Crippen molar-refractivity contribution in [1.29, 1.82) is 0 Å². The Balaban J connectivity index is 1.40. The summed E-state index contributed by atoms with van der Waals surface area (Å²) in [6.45, 7) is 2.31. The molecule has 0 aliphatic heterocycles. The SMILES string of the molecule is Cc1ccccc1-c1ccc(-c2nc(-c3ccc(C[N+](C)(C)C4(C(=O)O)CCCC4)cc3)no2)cc1C(F)(F)F. The van der Waals surface area contributed by atoms with Gasteiger partial charge in [-0.2, -0.15) is 18.2 Å². The Morgan fingerprint density at radius 3 is 2.25 bits per heavy atom. The molecule has 3 aromatic carbocycles. The van der Waals surface area contributed by atoms with Crippen LogP contribution in [-0.4, -0.2) is 45.3 Å². The van der Waals surface area contributed by atoms with Crippen LogP contribution in [0.3, 0.4) is 0 Å². The van der Waals surface area contributed by atoms with Crippen LogP contribution in [0.4, 0.5) is 13.2 Å². The Hall–Kier alpha value is -3.98. The molecule has 4 aromatic rings. The van der Waals surface area contributed by atoms with E-state index in [1.807, 2.05) is 38.4 Å². The summed E-state index contributed by atoms with van der Waals surface area (Å²) in [4.78, 5) is 16.6. The third kappa shape index (κ3) is 5.01. The van der Waals surface area contributed by atoms with Gasteiger partial charge in [-0.05, 0) is 48.6 Å². The van der Waals surface area contributed by atoms with Gasteiger partial charge in [0.05, 0.1) is 19.7 Å². The molecule has 208 valence electrons. The second-order valence-electron chi connectivity index (χ2n) is 11.1. The largest absolute Gasteiger partial charge is 0.477 e. The summed E-state index contributed by atoms with van der Waals surface area (Å²) in [6, 6.07) is 18.4. The number of rotatable bonds is 7. The molecular formula is C31H31F3N3O3+. The molecule has 0 saturated heterocycles. The number of alkyl halides is 3. The van der Waals surface area contributed by atoms with Crippen LogP contribution in [0, 0.1) is 6.92 Å². The minimum Gasteiger partial charge on any atom is -0.477 e. The number of hydrogen-bond donors (Lipinski definition) is 1. The summed E-state index contributed by atoms with van der Waals surface area (Å²) in [5.41, 5.74) is 1.56. The van der Waals surface area contributed by atoms with Crippen LogP contribution in [0.5, 0.6) is 0 Å². The summed E-state index contributed by atoms with van der Waals surface area (Å²) in [7, 11) is 3.91. The maximum Gasteiger partial charge on any atom is 0.417 e. The minimum atomic E-state index is -4.57. The number of carbonyl (C=O) groups is 1. The van der Waals surface area contributed by atoms with E-state index in [4.69, 9.17) is 4.52 Å². The zero-order chi connectivity index (χ0) is 28.7. The predicted octanol–water partition coefficient (Wildman–Crippen LogP) is 7.37. The standard InChI is InChI=1S/C31H30F3N3O3/c1-20-8-4-5-9-24(20)25-15-14-23(18-26(25)31(32,33)34)28-35-27(36-40-28)22-12-10-21(11-13-22)19-37(2,3)30(29(38)39)16-6-7-17-30/h4-5,8-15,18H,6-7,16-17,19H2,1-3H3/p+1. The van der Waals surface area contributed by atoms with E-state index >= 15 is 0 Å². The van der Waals surface area contributed by atoms with Crippen LogP contribution in [0.15, 0.2) is 71.3 Å². The van der Waals surface area contributed by atoms with Crippen molar-refractivity contribution in [2.45, 2.75) is 50.9 Å². The van der Waals surface area contributed by atoms with Crippen molar-refractivity contribution in [3.63, 3.8) is 0 Å². The first-order chi connectivity index (χ1) is 18.9. The summed E-state index contributed by atoms with van der Waals surface area (Å²) >= 11 is 0. The second kappa shape index (κ2) is 10.2. The highest BCUT2D eigenvalue weighted by molar-refractivity contribution is 5.78. The number of carboxylic acid groups (broad SMARTS) is 1. The summed E-state index contributed by atoms with van der Waals surface area (Å²) in [6.07, 6.45) is -1.45. The first-order valence-corrected chi connectivity index (χ1v) is 13.2. The molecule has 0 bridgehead atoms. The number of hydrogen-bond acceptors (Lipinski definition) is 4. The van der Waals surface area contributed by atoms with Crippen molar-refractivity contribution in [2.24, 2.45) is 0 Å². The maximum atomic E-state index is 14.1. The maximum absolute atomic E-state index is 14.1. The van der Waals surface area contributed by atoms with Crippen molar-refractivity contribution in [3.05, 3.63) is 83.4 Å². The summed E-state index contributed by atoms with van der Waals surface area (Å²) in [5, 5.41) is 14.0. The van der Waals surface area contributed by atoms with E-state index in [1.165, 1.54) is 6.07 Å². The first kappa shape index (κ1) is 27.6. The lowest BCUT2D eigenvalue weighted by atomic mass is 9.92. The molecule has 0 radical (unpaired) electrons. The number of aliphatic carboxylic acids is 1. The molecule has 1 aliphatic rings. The van der Waals surface area contributed by atoms with Gasteiger partial charge in [-0.25, -0.2) is 4.79 Å². The lowest BCUT2D eigenvalue weighted by molar-refractivity contribution is -0.944. The van der Waals surface area contributed by atoms with Crippen molar-refractivity contribution in [3.8, 4) is 34.0 Å². The Morgan fingerprint density at radius 2 is 1.62 bits per heavy atom. The number of halogens is 3. The fourth-order valence-electron chi connectivity index (χ4n) is 5.88. The van der Waals surface area contributed by atoms with Crippen LogP contribution in [0.25, 0.3) is 34.0 Å². The average Bonchev–Trinajstić information content (AvgIpc) is 3.60. The Labute approximate surface area is 230 Å². The van der Waals surface area contributed by atoms with Crippen molar-refractivity contribution in [1.82, 2.24) is 10.1 Å². The van der Waals surface area contributed by atoms with Gasteiger partial charge in [0.2, 0.25) is 5.82 Å². The zero-order valence-corrected chi connectivity index (χ0v) is 22.6. The number of likely N-dealkylation sites (N-methyl/N-ethyl adjacent to an activating group) is 1. The van der Waals surface area contributed by atoms with Gasteiger partial charge in [0.1, 0.15) is 6.54 Å². The lowest BCUT2D eigenvalue weighted by Gasteiger charge is -2.43. The molecule has 0 atom stereocenters. The summed E-state index contributed by atoms with van der Waals surface area (Å²) in [5.74, 6) is -0.514. The van der Waals surface area contributed by atoms with Gasteiger partial charge < -0.3 is 14.1 Å². The number of carboxylic acids is 1.